The van der Waals surface area contributed by atoms with E-state index in [1.165, 1.54) is 12.8 Å². The molecule has 3 saturated heterocycles. The third-order valence-corrected chi connectivity index (χ3v) is 5.67. The fourth-order valence-electron chi connectivity index (χ4n) is 4.40. The highest BCUT2D eigenvalue weighted by atomic mass is 16.3. The molecule has 26 heavy (non-hydrogen) atoms. The van der Waals surface area contributed by atoms with Gasteiger partial charge in [-0.1, -0.05) is 6.92 Å². The lowest BCUT2D eigenvalue weighted by atomic mass is 9.95. The van der Waals surface area contributed by atoms with E-state index in [0.717, 1.165) is 38.2 Å². The molecule has 1 amide bonds. The second kappa shape index (κ2) is 7.32. The van der Waals surface area contributed by atoms with Gasteiger partial charge in [-0.15, -0.1) is 0 Å². The number of nitrogens with zero attached hydrogens (tertiary/aromatic N) is 5. The molecular weight excluding hydrogens is 330 g/mol. The number of aliphatic hydroxyl groups is 1. The van der Waals surface area contributed by atoms with Crippen molar-refractivity contribution in [3.8, 4) is 0 Å². The van der Waals surface area contributed by atoms with E-state index in [-0.39, 0.29) is 12.5 Å². The second-order valence-corrected chi connectivity index (χ2v) is 7.56. The summed E-state index contributed by atoms with van der Waals surface area (Å²) in [6.07, 6.45) is 9.28. The van der Waals surface area contributed by atoms with E-state index in [1.54, 1.807) is 16.9 Å². The molecule has 2 aromatic rings. The molecule has 5 rings (SSSR count). The van der Waals surface area contributed by atoms with Gasteiger partial charge in [-0.05, 0) is 43.7 Å². The number of hydrogen-bond donors (Lipinski definition) is 1. The number of amides is 1. The number of aliphatic hydroxyl groups excluding tert-OH is 1. The average molecular weight is 357 g/mol. The summed E-state index contributed by atoms with van der Waals surface area (Å²) in [4.78, 5) is 22.2. The largest absolute Gasteiger partial charge is 0.396 e. The van der Waals surface area contributed by atoms with Crippen LogP contribution in [-0.2, 0) is 6.42 Å². The predicted octanol–water partition coefficient (Wildman–Crippen LogP) is 1.21. The van der Waals surface area contributed by atoms with Crippen LogP contribution in [0, 0.1) is 5.92 Å². The zero-order valence-electron chi connectivity index (χ0n) is 15.3. The Balaban J connectivity index is 1.57. The third-order valence-electron chi connectivity index (χ3n) is 5.67. The lowest BCUT2D eigenvalue weighted by Crippen LogP contribution is -2.44. The Morgan fingerprint density at radius 1 is 1.27 bits per heavy atom. The van der Waals surface area contributed by atoms with Gasteiger partial charge in [0, 0.05) is 44.7 Å². The van der Waals surface area contributed by atoms with E-state index in [4.69, 9.17) is 5.11 Å². The molecule has 0 aliphatic carbocycles. The highest BCUT2D eigenvalue weighted by Gasteiger charge is 2.36. The van der Waals surface area contributed by atoms with Gasteiger partial charge >= 0.3 is 0 Å². The Morgan fingerprint density at radius 2 is 2.15 bits per heavy atom. The number of carbonyl (C=O) groups is 1. The third kappa shape index (κ3) is 3.21. The molecule has 2 aromatic heterocycles. The maximum atomic E-state index is 13.2. The molecule has 0 aromatic carbocycles. The Labute approximate surface area is 153 Å². The molecule has 140 valence electrons. The Kier molecular flexibility index (Phi) is 4.91. The van der Waals surface area contributed by atoms with Crippen molar-refractivity contribution in [3.63, 3.8) is 0 Å². The summed E-state index contributed by atoms with van der Waals surface area (Å²) in [5.41, 5.74) is 2.08. The first kappa shape index (κ1) is 17.4. The first-order valence-electron chi connectivity index (χ1n) is 9.66. The lowest BCUT2D eigenvalue weighted by Gasteiger charge is -2.35. The summed E-state index contributed by atoms with van der Waals surface area (Å²) >= 11 is 0. The van der Waals surface area contributed by atoms with Crippen LogP contribution in [-0.4, -0.2) is 74.2 Å². The number of hydrogen-bond acceptors (Lipinski definition) is 5. The molecule has 0 saturated carbocycles. The quantitative estimate of drug-likeness (QED) is 0.871. The van der Waals surface area contributed by atoms with Crippen molar-refractivity contribution in [3.05, 3.63) is 29.7 Å². The number of rotatable bonds is 5. The number of piperidine rings is 1. The highest BCUT2D eigenvalue weighted by molar-refractivity contribution is 5.99. The van der Waals surface area contributed by atoms with Gasteiger partial charge in [-0.3, -0.25) is 9.69 Å². The molecule has 3 aliphatic heterocycles. The minimum absolute atomic E-state index is 0.0395. The molecule has 0 spiro atoms. The van der Waals surface area contributed by atoms with Crippen LogP contribution in [0.4, 0.5) is 0 Å². The summed E-state index contributed by atoms with van der Waals surface area (Å²) in [7, 11) is 0. The molecule has 1 N–H and O–H groups in total. The summed E-state index contributed by atoms with van der Waals surface area (Å²) in [6.45, 7) is 6.15. The molecule has 3 aliphatic rings. The van der Waals surface area contributed by atoms with E-state index in [2.05, 4.69) is 21.9 Å². The molecule has 5 heterocycles. The van der Waals surface area contributed by atoms with Crippen molar-refractivity contribution in [2.24, 2.45) is 5.92 Å². The Morgan fingerprint density at radius 3 is 2.96 bits per heavy atom. The van der Waals surface area contributed by atoms with Crippen LogP contribution in [0.5, 0.6) is 0 Å². The molecule has 7 nitrogen and oxygen atoms in total. The fourth-order valence-corrected chi connectivity index (χ4v) is 4.40. The van der Waals surface area contributed by atoms with Crippen LogP contribution in [0.2, 0.25) is 0 Å². The molecule has 3 fully saturated rings. The number of aromatic nitrogens is 3. The second-order valence-electron chi connectivity index (χ2n) is 7.56. The number of fused-ring (bicyclic) bond motifs is 5. The smallest absolute Gasteiger partial charge is 0.259 e. The monoisotopic (exact) mass is 357 g/mol. The van der Waals surface area contributed by atoms with Gasteiger partial charge in [0.15, 0.2) is 5.65 Å². The maximum Gasteiger partial charge on any atom is 0.259 e. The van der Waals surface area contributed by atoms with Crippen LogP contribution in [0.3, 0.4) is 0 Å². The SMILES string of the molecule is CCCN1C[C@H]2CC[C@@H]1CN(C(=O)c1cnn3cc(CCO)cnc13)C2. The van der Waals surface area contributed by atoms with Crippen LogP contribution in [0.1, 0.15) is 42.1 Å². The van der Waals surface area contributed by atoms with Crippen molar-refractivity contribution in [2.75, 3.05) is 32.8 Å². The van der Waals surface area contributed by atoms with Gasteiger partial charge in [0.25, 0.3) is 5.91 Å². The molecule has 0 radical (unpaired) electrons. The topological polar surface area (TPSA) is 74.0 Å². The molecular formula is C19H27N5O2. The zero-order chi connectivity index (χ0) is 18.1. The summed E-state index contributed by atoms with van der Waals surface area (Å²) < 4.78 is 1.65. The fraction of sp³-hybridized carbons (Fsp3) is 0.632. The van der Waals surface area contributed by atoms with E-state index >= 15 is 0 Å². The summed E-state index contributed by atoms with van der Waals surface area (Å²) in [5.74, 6) is 0.605. The highest BCUT2D eigenvalue weighted by Crippen LogP contribution is 2.29. The summed E-state index contributed by atoms with van der Waals surface area (Å²) in [5, 5.41) is 13.4. The van der Waals surface area contributed by atoms with Crippen molar-refractivity contribution < 1.29 is 9.90 Å². The first-order chi connectivity index (χ1) is 12.7. The van der Waals surface area contributed by atoms with E-state index < -0.39 is 0 Å². The lowest BCUT2D eigenvalue weighted by molar-refractivity contribution is 0.0739. The van der Waals surface area contributed by atoms with Gasteiger partial charge in [-0.25, -0.2) is 9.50 Å². The minimum Gasteiger partial charge on any atom is -0.396 e. The van der Waals surface area contributed by atoms with E-state index in [1.807, 2.05) is 11.1 Å². The van der Waals surface area contributed by atoms with E-state index in [9.17, 15) is 4.79 Å². The molecule has 7 heteroatoms. The predicted molar refractivity (Wildman–Crippen MR) is 98.1 cm³/mol. The van der Waals surface area contributed by atoms with Crippen molar-refractivity contribution in [1.82, 2.24) is 24.4 Å². The first-order valence-corrected chi connectivity index (χ1v) is 9.66. The average Bonchev–Trinajstić information content (AvgIpc) is 2.84. The van der Waals surface area contributed by atoms with Gasteiger partial charge in [-0.2, -0.15) is 5.10 Å². The van der Waals surface area contributed by atoms with Crippen molar-refractivity contribution in [2.45, 2.75) is 38.6 Å². The number of carbonyl (C=O) groups excluding carboxylic acids is 1. The van der Waals surface area contributed by atoms with Crippen LogP contribution in [0.25, 0.3) is 5.65 Å². The normalized spacial score (nSPS) is 23.5. The van der Waals surface area contributed by atoms with Gasteiger partial charge in [0.1, 0.15) is 5.56 Å². The van der Waals surface area contributed by atoms with Crippen LogP contribution in [0.15, 0.2) is 18.6 Å². The minimum atomic E-state index is 0.0395. The van der Waals surface area contributed by atoms with Crippen molar-refractivity contribution >= 4 is 11.6 Å². The van der Waals surface area contributed by atoms with Gasteiger partial charge < -0.3 is 10.0 Å². The van der Waals surface area contributed by atoms with Crippen LogP contribution < -0.4 is 0 Å². The van der Waals surface area contributed by atoms with Gasteiger partial charge in [0.2, 0.25) is 0 Å². The molecule has 0 unspecified atom stereocenters. The van der Waals surface area contributed by atoms with Crippen LogP contribution >= 0.6 is 0 Å². The van der Waals surface area contributed by atoms with Crippen molar-refractivity contribution in [1.29, 1.82) is 0 Å². The Hall–Kier alpha value is -1.99. The van der Waals surface area contributed by atoms with Gasteiger partial charge in [0.05, 0.1) is 6.20 Å². The maximum absolute atomic E-state index is 13.2. The summed E-state index contributed by atoms with van der Waals surface area (Å²) in [6, 6.07) is 0.476. The van der Waals surface area contributed by atoms with E-state index in [0.29, 0.717) is 29.6 Å². The molecule has 2 atom stereocenters. The zero-order valence-corrected chi connectivity index (χ0v) is 15.3. The molecule has 2 bridgehead atoms. The standard InChI is InChI=1S/C19H27N5O2/c1-2-6-22-10-15-3-4-16(22)13-23(11-15)19(26)17-9-21-24-12-14(5-7-25)8-20-18(17)24/h8-9,12,15-16,25H,2-7,10-11,13H2,1H3/t15-,16-/m1/s1. The Bertz CT molecular complexity index is 789.